The van der Waals surface area contributed by atoms with Crippen molar-refractivity contribution in [2.45, 2.75) is 32.6 Å². The predicted octanol–water partition coefficient (Wildman–Crippen LogP) is 2.84. The number of aryl methyl sites for hydroxylation is 2. The Kier molecular flexibility index (Phi) is 4.85. The van der Waals surface area contributed by atoms with Crippen LogP contribution in [0.15, 0.2) is 24.3 Å². The number of piperidine rings is 1. The fourth-order valence-electron chi connectivity index (χ4n) is 3.64. The number of carbonyl (C=O) groups excluding carboxylic acids is 1. The van der Waals surface area contributed by atoms with E-state index in [1.807, 2.05) is 43.0 Å². The van der Waals surface area contributed by atoms with E-state index in [-0.39, 0.29) is 11.8 Å². The number of likely N-dealkylation sites (tertiary alicyclic amines) is 1. The number of rotatable bonds is 4. The maximum absolute atomic E-state index is 13.1. The van der Waals surface area contributed by atoms with Gasteiger partial charge < -0.3 is 14.6 Å². The summed E-state index contributed by atoms with van der Waals surface area (Å²) in [7, 11) is 1.63. The van der Waals surface area contributed by atoms with Crippen LogP contribution in [0.25, 0.3) is 11.4 Å². The highest BCUT2D eigenvalue weighted by molar-refractivity contribution is 5.94. The van der Waals surface area contributed by atoms with Crippen molar-refractivity contribution in [1.82, 2.24) is 30.0 Å². The highest BCUT2D eigenvalue weighted by Gasteiger charge is 2.29. The Morgan fingerprint density at radius 1 is 1.29 bits per heavy atom. The third-order valence-corrected chi connectivity index (χ3v) is 5.12. The van der Waals surface area contributed by atoms with Crippen LogP contribution in [0.1, 0.15) is 46.6 Å². The molecule has 0 aliphatic carbocycles. The van der Waals surface area contributed by atoms with Gasteiger partial charge in [-0.1, -0.05) is 12.1 Å². The Balaban J connectivity index is 1.55. The lowest BCUT2D eigenvalue weighted by atomic mass is 9.97. The van der Waals surface area contributed by atoms with E-state index in [1.165, 1.54) is 0 Å². The molecule has 0 radical (unpaired) electrons. The first kappa shape index (κ1) is 18.2. The Morgan fingerprint density at radius 3 is 2.89 bits per heavy atom. The molecule has 2 N–H and O–H groups in total. The van der Waals surface area contributed by atoms with Crippen molar-refractivity contribution in [2.75, 3.05) is 20.2 Å². The van der Waals surface area contributed by atoms with Crippen LogP contribution >= 0.6 is 0 Å². The molecule has 0 unspecified atom stereocenters. The van der Waals surface area contributed by atoms with E-state index in [4.69, 9.17) is 4.74 Å². The number of benzene rings is 1. The molecule has 0 bridgehead atoms. The van der Waals surface area contributed by atoms with Crippen LogP contribution in [-0.4, -0.2) is 56.2 Å². The number of nitrogens with one attached hydrogen (secondary N) is 2. The largest absolute Gasteiger partial charge is 0.497 e. The number of H-pyrrole nitrogens is 2. The number of imidazole rings is 1. The van der Waals surface area contributed by atoms with Crippen molar-refractivity contribution in [3.05, 3.63) is 47.3 Å². The average Bonchev–Trinajstić information content (AvgIpc) is 3.33. The normalized spacial score (nSPS) is 17.0. The molecule has 1 amide bonds. The molecule has 1 aliphatic rings. The van der Waals surface area contributed by atoms with E-state index in [2.05, 4.69) is 25.1 Å². The number of amides is 1. The lowest BCUT2D eigenvalue weighted by Crippen LogP contribution is -2.39. The van der Waals surface area contributed by atoms with Crippen LogP contribution in [0.5, 0.6) is 5.75 Å². The number of hydrogen-bond acceptors (Lipinski definition) is 5. The molecule has 8 heteroatoms. The Hall–Kier alpha value is -3.16. The van der Waals surface area contributed by atoms with Gasteiger partial charge in [-0.05, 0) is 38.8 Å². The third kappa shape index (κ3) is 3.49. The number of aromatic amines is 2. The second-order valence-electron chi connectivity index (χ2n) is 7.16. The fraction of sp³-hybridized carbons (Fsp3) is 0.400. The maximum Gasteiger partial charge on any atom is 0.274 e. The van der Waals surface area contributed by atoms with Gasteiger partial charge in [-0.25, -0.2) is 9.97 Å². The van der Waals surface area contributed by atoms with Crippen molar-refractivity contribution in [3.63, 3.8) is 0 Å². The molecule has 1 saturated heterocycles. The van der Waals surface area contributed by atoms with Gasteiger partial charge in [0, 0.05) is 30.3 Å². The van der Waals surface area contributed by atoms with E-state index in [0.717, 1.165) is 48.0 Å². The summed E-state index contributed by atoms with van der Waals surface area (Å²) in [4.78, 5) is 27.3. The van der Waals surface area contributed by atoms with Gasteiger partial charge in [-0.15, -0.1) is 0 Å². The Morgan fingerprint density at radius 2 is 2.14 bits per heavy atom. The first-order valence-electron chi connectivity index (χ1n) is 9.44. The zero-order valence-corrected chi connectivity index (χ0v) is 16.3. The number of ether oxygens (including phenoxy) is 1. The quantitative estimate of drug-likeness (QED) is 0.725. The molecule has 0 saturated carbocycles. The number of carbonyl (C=O) groups is 1. The van der Waals surface area contributed by atoms with Crippen LogP contribution in [0.4, 0.5) is 0 Å². The zero-order chi connectivity index (χ0) is 19.7. The summed E-state index contributed by atoms with van der Waals surface area (Å²) in [5.74, 6) is 3.09. The monoisotopic (exact) mass is 380 g/mol. The third-order valence-electron chi connectivity index (χ3n) is 5.12. The molecule has 1 atom stereocenters. The summed E-state index contributed by atoms with van der Waals surface area (Å²) in [5.41, 5.74) is 2.11. The molecular formula is C20H24N6O2. The second kappa shape index (κ2) is 7.46. The summed E-state index contributed by atoms with van der Waals surface area (Å²) in [6.45, 7) is 5.09. The van der Waals surface area contributed by atoms with E-state index >= 15 is 0 Å². The van der Waals surface area contributed by atoms with Crippen molar-refractivity contribution >= 4 is 5.91 Å². The zero-order valence-electron chi connectivity index (χ0n) is 16.3. The molecular weight excluding hydrogens is 356 g/mol. The summed E-state index contributed by atoms with van der Waals surface area (Å²) < 4.78 is 5.28. The average molecular weight is 380 g/mol. The minimum atomic E-state index is -0.0557. The van der Waals surface area contributed by atoms with Crippen molar-refractivity contribution in [2.24, 2.45) is 0 Å². The van der Waals surface area contributed by atoms with Gasteiger partial charge in [0.2, 0.25) is 0 Å². The molecule has 1 aliphatic heterocycles. The highest BCUT2D eigenvalue weighted by atomic mass is 16.5. The molecule has 1 aromatic carbocycles. The minimum Gasteiger partial charge on any atom is -0.497 e. The first-order valence-corrected chi connectivity index (χ1v) is 9.44. The number of methoxy groups -OCH3 is 1. The lowest BCUT2D eigenvalue weighted by Gasteiger charge is -2.31. The van der Waals surface area contributed by atoms with Gasteiger partial charge in [0.05, 0.1) is 7.11 Å². The fourth-order valence-corrected chi connectivity index (χ4v) is 3.64. The van der Waals surface area contributed by atoms with Crippen LogP contribution in [0.2, 0.25) is 0 Å². The topological polar surface area (TPSA) is 99.8 Å². The smallest absolute Gasteiger partial charge is 0.274 e. The second-order valence-corrected chi connectivity index (χ2v) is 7.16. The molecule has 146 valence electrons. The molecule has 2 aromatic heterocycles. The number of nitrogens with zero attached hydrogens (tertiary/aromatic N) is 4. The minimum absolute atomic E-state index is 0.0557. The lowest BCUT2D eigenvalue weighted by molar-refractivity contribution is 0.0698. The van der Waals surface area contributed by atoms with Gasteiger partial charge in [0.15, 0.2) is 5.82 Å². The van der Waals surface area contributed by atoms with Gasteiger partial charge in [-0.2, -0.15) is 5.10 Å². The van der Waals surface area contributed by atoms with Gasteiger partial charge in [-0.3, -0.25) is 9.89 Å². The van der Waals surface area contributed by atoms with E-state index in [1.54, 1.807) is 7.11 Å². The number of hydrogen-bond donors (Lipinski definition) is 2. The number of aromatic nitrogens is 5. The summed E-state index contributed by atoms with van der Waals surface area (Å²) in [6, 6.07) is 7.62. The summed E-state index contributed by atoms with van der Waals surface area (Å²) in [5, 5.41) is 7.17. The van der Waals surface area contributed by atoms with Gasteiger partial charge in [0.25, 0.3) is 5.91 Å². The Bertz CT molecular complexity index is 992. The highest BCUT2D eigenvalue weighted by Crippen LogP contribution is 2.27. The molecule has 1 fully saturated rings. The van der Waals surface area contributed by atoms with Crippen LogP contribution in [-0.2, 0) is 0 Å². The standard InChI is InChI=1S/C20H24N6O2/c1-12-17(23-18(21-12)14-6-4-8-16(10-14)28-3)20(27)26-9-5-7-15(11-26)19-22-13(2)24-25-19/h4,6,8,10,15H,5,7,9,11H2,1-3H3,(H,21,23)(H,22,24,25)/t15-/m1/s1. The van der Waals surface area contributed by atoms with E-state index < -0.39 is 0 Å². The molecule has 8 nitrogen and oxygen atoms in total. The van der Waals surface area contributed by atoms with Crippen LogP contribution in [0.3, 0.4) is 0 Å². The SMILES string of the molecule is COc1cccc(-c2nc(C(=O)N3CCC[C@@H](c4n[nH]c(C)n4)C3)c(C)[nH]2)c1. The van der Waals surface area contributed by atoms with Gasteiger partial charge in [0.1, 0.15) is 23.1 Å². The van der Waals surface area contributed by atoms with Crippen molar-refractivity contribution in [1.29, 1.82) is 0 Å². The summed E-state index contributed by atoms with van der Waals surface area (Å²) >= 11 is 0. The van der Waals surface area contributed by atoms with Crippen LogP contribution < -0.4 is 4.74 Å². The Labute approximate surface area is 163 Å². The maximum atomic E-state index is 13.1. The molecule has 3 aromatic rings. The van der Waals surface area contributed by atoms with Crippen LogP contribution in [0, 0.1) is 13.8 Å². The van der Waals surface area contributed by atoms with E-state index in [0.29, 0.717) is 18.1 Å². The first-order chi connectivity index (χ1) is 13.5. The molecule has 3 heterocycles. The predicted molar refractivity (Wildman–Crippen MR) is 104 cm³/mol. The van der Waals surface area contributed by atoms with Crippen molar-refractivity contribution in [3.8, 4) is 17.1 Å². The summed E-state index contributed by atoms with van der Waals surface area (Å²) in [6.07, 6.45) is 1.91. The van der Waals surface area contributed by atoms with E-state index in [9.17, 15) is 4.79 Å². The van der Waals surface area contributed by atoms with Crippen molar-refractivity contribution < 1.29 is 9.53 Å². The molecule has 28 heavy (non-hydrogen) atoms. The molecule has 4 rings (SSSR count). The molecule has 0 spiro atoms. The van der Waals surface area contributed by atoms with Gasteiger partial charge >= 0.3 is 0 Å².